The van der Waals surface area contributed by atoms with Crippen molar-refractivity contribution in [2.45, 2.75) is 13.8 Å². The summed E-state index contributed by atoms with van der Waals surface area (Å²) < 4.78 is 5.05. The Labute approximate surface area is 147 Å². The number of phenolic OH excluding ortho intramolecular Hbond substituents is 1. The summed E-state index contributed by atoms with van der Waals surface area (Å²) in [5, 5.41) is 14.0. The molecule has 6 nitrogen and oxygen atoms in total. The van der Waals surface area contributed by atoms with Crippen molar-refractivity contribution in [2.75, 3.05) is 25.1 Å². The number of nitrogens with zero attached hydrogens (tertiary/aromatic N) is 2. The molecule has 0 bridgehead atoms. The van der Waals surface area contributed by atoms with E-state index in [2.05, 4.69) is 29.3 Å². The first-order valence-corrected chi connectivity index (χ1v) is 8.14. The van der Waals surface area contributed by atoms with Crippen molar-refractivity contribution < 1.29 is 14.6 Å². The van der Waals surface area contributed by atoms with E-state index in [1.54, 1.807) is 43.5 Å². The molecule has 0 heterocycles. The van der Waals surface area contributed by atoms with E-state index in [0.29, 0.717) is 16.9 Å². The monoisotopic (exact) mass is 341 g/mol. The number of methoxy groups -OCH3 is 1. The molecule has 0 saturated carbocycles. The second-order valence-electron chi connectivity index (χ2n) is 5.34. The summed E-state index contributed by atoms with van der Waals surface area (Å²) in [5.41, 5.74) is 4.39. The van der Waals surface area contributed by atoms with Gasteiger partial charge in [-0.3, -0.25) is 4.79 Å². The standard InChI is InChI=1S/C19H23N3O3/c1-4-22(5-2)16-9-6-15(18(23)12-16)13-20-21-19(24)14-7-10-17(25-3)11-8-14/h6-13,23H,4-5H2,1-3H3,(H,21,24)/b20-13+. The highest BCUT2D eigenvalue weighted by atomic mass is 16.5. The van der Waals surface area contributed by atoms with Gasteiger partial charge in [0.15, 0.2) is 0 Å². The van der Waals surface area contributed by atoms with Crippen LogP contribution in [0.2, 0.25) is 0 Å². The number of phenols is 1. The first-order chi connectivity index (χ1) is 12.1. The van der Waals surface area contributed by atoms with Gasteiger partial charge in [-0.1, -0.05) is 0 Å². The van der Waals surface area contributed by atoms with E-state index in [1.807, 2.05) is 6.07 Å². The quantitative estimate of drug-likeness (QED) is 0.600. The zero-order valence-corrected chi connectivity index (χ0v) is 14.7. The van der Waals surface area contributed by atoms with Gasteiger partial charge in [0.25, 0.3) is 5.91 Å². The van der Waals surface area contributed by atoms with Gasteiger partial charge in [0, 0.05) is 36.0 Å². The minimum absolute atomic E-state index is 0.117. The number of hydrogen-bond acceptors (Lipinski definition) is 5. The number of carbonyl (C=O) groups excluding carboxylic acids is 1. The van der Waals surface area contributed by atoms with E-state index in [4.69, 9.17) is 4.74 Å². The van der Waals surface area contributed by atoms with Gasteiger partial charge < -0.3 is 14.7 Å². The van der Waals surface area contributed by atoms with Gasteiger partial charge >= 0.3 is 0 Å². The van der Waals surface area contributed by atoms with E-state index < -0.39 is 0 Å². The highest BCUT2D eigenvalue weighted by Crippen LogP contribution is 2.23. The van der Waals surface area contributed by atoms with E-state index in [0.717, 1.165) is 18.8 Å². The Morgan fingerprint density at radius 2 is 1.88 bits per heavy atom. The molecule has 2 N–H and O–H groups in total. The van der Waals surface area contributed by atoms with Crippen molar-refractivity contribution in [1.82, 2.24) is 5.43 Å². The topological polar surface area (TPSA) is 74.2 Å². The lowest BCUT2D eigenvalue weighted by atomic mass is 10.2. The number of rotatable bonds is 7. The van der Waals surface area contributed by atoms with Crippen molar-refractivity contribution in [3.05, 3.63) is 53.6 Å². The number of aromatic hydroxyl groups is 1. The summed E-state index contributed by atoms with van der Waals surface area (Å²) >= 11 is 0. The first-order valence-electron chi connectivity index (χ1n) is 8.14. The van der Waals surface area contributed by atoms with Crippen LogP contribution in [0.15, 0.2) is 47.6 Å². The van der Waals surface area contributed by atoms with Crippen LogP contribution in [-0.4, -0.2) is 37.4 Å². The van der Waals surface area contributed by atoms with E-state index >= 15 is 0 Å². The molecule has 2 aromatic carbocycles. The van der Waals surface area contributed by atoms with Gasteiger partial charge in [-0.05, 0) is 50.2 Å². The lowest BCUT2D eigenvalue weighted by molar-refractivity contribution is 0.0955. The molecule has 0 atom stereocenters. The molecule has 0 radical (unpaired) electrons. The highest BCUT2D eigenvalue weighted by Gasteiger charge is 2.07. The highest BCUT2D eigenvalue weighted by molar-refractivity contribution is 5.95. The van der Waals surface area contributed by atoms with Crippen LogP contribution in [-0.2, 0) is 0 Å². The van der Waals surface area contributed by atoms with Gasteiger partial charge in [-0.2, -0.15) is 5.10 Å². The third-order valence-corrected chi connectivity index (χ3v) is 3.86. The largest absolute Gasteiger partial charge is 0.507 e. The SMILES string of the molecule is CCN(CC)c1ccc(/C=N/NC(=O)c2ccc(OC)cc2)c(O)c1. The zero-order valence-electron chi connectivity index (χ0n) is 14.7. The van der Waals surface area contributed by atoms with Crippen molar-refractivity contribution in [3.63, 3.8) is 0 Å². The Morgan fingerprint density at radius 1 is 1.20 bits per heavy atom. The van der Waals surface area contributed by atoms with Gasteiger partial charge in [0.1, 0.15) is 11.5 Å². The molecule has 6 heteroatoms. The van der Waals surface area contributed by atoms with Crippen molar-refractivity contribution >= 4 is 17.8 Å². The minimum atomic E-state index is -0.335. The van der Waals surface area contributed by atoms with Gasteiger partial charge in [-0.25, -0.2) is 5.43 Å². The Morgan fingerprint density at radius 3 is 2.44 bits per heavy atom. The fourth-order valence-electron chi connectivity index (χ4n) is 2.39. The van der Waals surface area contributed by atoms with E-state index in [-0.39, 0.29) is 11.7 Å². The molecular formula is C19H23N3O3. The third-order valence-electron chi connectivity index (χ3n) is 3.86. The van der Waals surface area contributed by atoms with Crippen molar-refractivity contribution in [3.8, 4) is 11.5 Å². The Balaban J connectivity index is 2.02. The molecule has 2 rings (SSSR count). The fourth-order valence-corrected chi connectivity index (χ4v) is 2.39. The van der Waals surface area contributed by atoms with E-state index in [9.17, 15) is 9.90 Å². The van der Waals surface area contributed by atoms with Gasteiger partial charge in [-0.15, -0.1) is 0 Å². The maximum absolute atomic E-state index is 12.0. The van der Waals surface area contributed by atoms with Gasteiger partial charge in [0.05, 0.1) is 13.3 Å². The van der Waals surface area contributed by atoms with Crippen LogP contribution in [0, 0.1) is 0 Å². The molecule has 1 amide bonds. The number of anilines is 1. The second-order valence-corrected chi connectivity index (χ2v) is 5.34. The smallest absolute Gasteiger partial charge is 0.271 e. The Kier molecular flexibility index (Phi) is 6.39. The molecule has 132 valence electrons. The van der Waals surface area contributed by atoms with E-state index in [1.165, 1.54) is 6.21 Å². The Hall–Kier alpha value is -3.02. The Bertz CT molecular complexity index is 738. The van der Waals surface area contributed by atoms with Crippen LogP contribution < -0.4 is 15.1 Å². The number of ether oxygens (including phenoxy) is 1. The molecule has 0 aliphatic heterocycles. The molecule has 0 saturated heterocycles. The van der Waals surface area contributed by atoms with Gasteiger partial charge in [0.2, 0.25) is 0 Å². The first kappa shape index (κ1) is 18.3. The zero-order chi connectivity index (χ0) is 18.2. The number of nitrogens with one attached hydrogen (secondary N) is 1. The normalized spacial score (nSPS) is 10.7. The second kappa shape index (κ2) is 8.73. The van der Waals surface area contributed by atoms with Crippen LogP contribution in [0.25, 0.3) is 0 Å². The summed E-state index contributed by atoms with van der Waals surface area (Å²) in [6.45, 7) is 5.85. The van der Waals surface area contributed by atoms with Crippen LogP contribution in [0.1, 0.15) is 29.8 Å². The molecule has 0 aliphatic rings. The summed E-state index contributed by atoms with van der Waals surface area (Å²) in [7, 11) is 1.57. The summed E-state index contributed by atoms with van der Waals surface area (Å²) in [6, 6.07) is 12.1. The van der Waals surface area contributed by atoms with Crippen LogP contribution in [0.3, 0.4) is 0 Å². The molecule has 0 spiro atoms. The molecule has 25 heavy (non-hydrogen) atoms. The van der Waals surface area contributed by atoms with Crippen LogP contribution in [0.5, 0.6) is 11.5 Å². The lowest BCUT2D eigenvalue weighted by Crippen LogP contribution is -2.21. The maximum atomic E-state index is 12.0. The van der Waals surface area contributed by atoms with Crippen LogP contribution in [0.4, 0.5) is 5.69 Å². The minimum Gasteiger partial charge on any atom is -0.507 e. The van der Waals surface area contributed by atoms with Crippen LogP contribution >= 0.6 is 0 Å². The van der Waals surface area contributed by atoms with Crippen molar-refractivity contribution in [1.29, 1.82) is 0 Å². The number of carbonyl (C=O) groups is 1. The molecule has 2 aromatic rings. The van der Waals surface area contributed by atoms with Crippen molar-refractivity contribution in [2.24, 2.45) is 5.10 Å². The predicted molar refractivity (Wildman–Crippen MR) is 99.7 cm³/mol. The molecule has 0 aliphatic carbocycles. The molecular weight excluding hydrogens is 318 g/mol. The number of amides is 1. The number of benzene rings is 2. The molecule has 0 fully saturated rings. The maximum Gasteiger partial charge on any atom is 0.271 e. The average Bonchev–Trinajstić information content (AvgIpc) is 2.64. The number of hydrogen-bond donors (Lipinski definition) is 2. The third kappa shape index (κ3) is 4.73. The summed E-state index contributed by atoms with van der Waals surface area (Å²) in [6.07, 6.45) is 1.42. The molecule has 0 unspecified atom stereocenters. The fraction of sp³-hybridized carbons (Fsp3) is 0.263. The lowest BCUT2D eigenvalue weighted by Gasteiger charge is -2.21. The predicted octanol–water partition coefficient (Wildman–Crippen LogP) is 3.01. The number of hydrazone groups is 1. The molecule has 0 aromatic heterocycles. The summed E-state index contributed by atoms with van der Waals surface area (Å²) in [4.78, 5) is 14.1. The average molecular weight is 341 g/mol. The summed E-state index contributed by atoms with van der Waals surface area (Å²) in [5.74, 6) is 0.461.